The van der Waals surface area contributed by atoms with E-state index in [9.17, 15) is 4.79 Å². The second-order valence-electron chi connectivity index (χ2n) is 9.23. The van der Waals surface area contributed by atoms with Gasteiger partial charge in [-0.2, -0.15) is 0 Å². The molecule has 1 heterocycles. The van der Waals surface area contributed by atoms with Crippen molar-refractivity contribution in [2.24, 2.45) is 5.92 Å². The number of piperidine rings is 1. The molecule has 1 aromatic carbocycles. The fourth-order valence-corrected chi connectivity index (χ4v) is 4.26. The molecule has 3 nitrogen and oxygen atoms in total. The quantitative estimate of drug-likeness (QED) is 0.581. The molecular weight excluding hydrogens is 346 g/mol. The molecule has 1 aliphatic carbocycles. The Morgan fingerprint density at radius 3 is 2.61 bits per heavy atom. The van der Waals surface area contributed by atoms with Gasteiger partial charge in [-0.15, -0.1) is 0 Å². The highest BCUT2D eigenvalue weighted by Crippen LogP contribution is 2.32. The lowest BCUT2D eigenvalue weighted by molar-refractivity contribution is -0.113. The normalized spacial score (nSPS) is 17.3. The number of ether oxygens (including phenoxy) is 1. The maximum absolute atomic E-state index is 12.4. The van der Waals surface area contributed by atoms with E-state index < -0.39 is 0 Å². The minimum Gasteiger partial charge on any atom is -0.474 e. The first-order chi connectivity index (χ1) is 13.3. The third-order valence-corrected chi connectivity index (χ3v) is 5.68. The van der Waals surface area contributed by atoms with E-state index in [0.29, 0.717) is 18.1 Å². The van der Waals surface area contributed by atoms with Gasteiger partial charge in [0, 0.05) is 25.1 Å². The lowest BCUT2D eigenvalue weighted by atomic mass is 9.88. The number of fused-ring (bicyclic) bond motifs is 1. The van der Waals surface area contributed by atoms with Crippen LogP contribution in [0.5, 0.6) is 0 Å². The van der Waals surface area contributed by atoms with Gasteiger partial charge in [0.25, 0.3) is 0 Å². The molecule has 3 rings (SSSR count). The van der Waals surface area contributed by atoms with Crippen LogP contribution in [-0.2, 0) is 22.4 Å². The average Bonchev–Trinajstić information content (AvgIpc) is 3.04. The Balaban J connectivity index is 1.58. The first-order valence-electron chi connectivity index (χ1n) is 10.7. The maximum Gasteiger partial charge on any atom is 0.182 e. The second kappa shape index (κ2) is 8.55. The van der Waals surface area contributed by atoms with Crippen LogP contribution in [0.3, 0.4) is 0 Å². The summed E-state index contributed by atoms with van der Waals surface area (Å²) in [6, 6.07) is 6.76. The molecule has 0 N–H and O–H groups in total. The number of carbonyl (C=O) groups is 1. The van der Waals surface area contributed by atoms with E-state index in [4.69, 9.17) is 4.74 Å². The minimum absolute atomic E-state index is 0.196. The number of hydrogen-bond donors (Lipinski definition) is 0. The van der Waals surface area contributed by atoms with Crippen LogP contribution in [0.25, 0.3) is 5.57 Å². The number of Topliss-reactive ketones (excluding diaryl/α,β-unsaturated/α-hetero) is 1. The van der Waals surface area contributed by atoms with Crippen molar-refractivity contribution < 1.29 is 9.53 Å². The summed E-state index contributed by atoms with van der Waals surface area (Å²) in [5.41, 5.74) is 4.59. The Kier molecular flexibility index (Phi) is 6.32. The van der Waals surface area contributed by atoms with Crippen LogP contribution in [0.1, 0.15) is 70.1 Å². The van der Waals surface area contributed by atoms with E-state index >= 15 is 0 Å². The van der Waals surface area contributed by atoms with Crippen molar-refractivity contribution in [2.45, 2.75) is 71.8 Å². The minimum atomic E-state index is -0.196. The van der Waals surface area contributed by atoms with E-state index in [2.05, 4.69) is 63.4 Å². The van der Waals surface area contributed by atoms with Gasteiger partial charge in [0.05, 0.1) is 0 Å². The smallest absolute Gasteiger partial charge is 0.182 e. The van der Waals surface area contributed by atoms with Gasteiger partial charge < -0.3 is 9.64 Å². The molecule has 1 aromatic rings. The Bertz CT molecular complexity index is 761. The summed E-state index contributed by atoms with van der Waals surface area (Å²) < 4.78 is 5.93. The van der Waals surface area contributed by atoms with E-state index in [1.165, 1.54) is 16.7 Å². The van der Waals surface area contributed by atoms with Crippen molar-refractivity contribution in [3.8, 4) is 0 Å². The molecule has 2 aliphatic rings. The van der Waals surface area contributed by atoms with E-state index in [1.54, 1.807) is 0 Å². The van der Waals surface area contributed by atoms with Crippen LogP contribution >= 0.6 is 0 Å². The number of nitrogens with zero attached hydrogens (tertiary/aromatic N) is 1. The van der Waals surface area contributed by atoms with Crippen LogP contribution in [0.2, 0.25) is 0 Å². The number of allylic oxidation sites excluding steroid dienone is 2. The zero-order chi connectivity index (χ0) is 20.3. The highest BCUT2D eigenvalue weighted by atomic mass is 16.5. The topological polar surface area (TPSA) is 29.5 Å². The van der Waals surface area contributed by atoms with Crippen molar-refractivity contribution in [2.75, 3.05) is 13.1 Å². The third-order valence-electron chi connectivity index (χ3n) is 5.68. The Hall–Kier alpha value is -2.03. The summed E-state index contributed by atoms with van der Waals surface area (Å²) in [5.74, 6) is 1.77. The van der Waals surface area contributed by atoms with Gasteiger partial charge in [-0.05, 0) is 82.1 Å². The van der Waals surface area contributed by atoms with Gasteiger partial charge in [0.15, 0.2) is 11.7 Å². The number of rotatable bonds is 7. The van der Waals surface area contributed by atoms with Crippen LogP contribution in [0, 0.1) is 5.92 Å². The molecule has 0 spiro atoms. The number of carbonyl (C=O) groups excluding carboxylic acids is 1. The van der Waals surface area contributed by atoms with E-state index in [1.807, 2.05) is 0 Å². The first kappa shape index (κ1) is 20.7. The van der Waals surface area contributed by atoms with Crippen molar-refractivity contribution in [3.63, 3.8) is 0 Å². The van der Waals surface area contributed by atoms with Crippen molar-refractivity contribution in [1.82, 2.24) is 4.90 Å². The summed E-state index contributed by atoms with van der Waals surface area (Å²) >= 11 is 0. The summed E-state index contributed by atoms with van der Waals surface area (Å²) in [6.07, 6.45) is 7.97. The predicted octanol–water partition coefficient (Wildman–Crippen LogP) is 5.54. The molecule has 3 heteroatoms. The molecule has 0 unspecified atom stereocenters. The third kappa shape index (κ3) is 5.06. The maximum atomic E-state index is 12.4. The standard InChI is InChI=1S/C25H35NO2/c1-6-7-24(27)22-11-10-21-9-8-20(17-23(21)22)16-19-12-14-26(15-13-19)18(2)28-25(3,4)5/h8-9,11,17,19H,2,6-7,10,12-16H2,1,3-5H3. The molecule has 0 saturated carbocycles. The zero-order valence-electron chi connectivity index (χ0n) is 18.0. The van der Waals surface area contributed by atoms with Gasteiger partial charge in [-0.1, -0.05) is 31.2 Å². The van der Waals surface area contributed by atoms with Crippen LogP contribution in [0.15, 0.2) is 36.7 Å². The Morgan fingerprint density at radius 1 is 1.25 bits per heavy atom. The van der Waals surface area contributed by atoms with E-state index in [-0.39, 0.29) is 5.60 Å². The van der Waals surface area contributed by atoms with Crippen molar-refractivity contribution in [3.05, 3.63) is 53.4 Å². The predicted molar refractivity (Wildman–Crippen MR) is 116 cm³/mol. The van der Waals surface area contributed by atoms with Gasteiger partial charge in [-0.3, -0.25) is 4.79 Å². The molecular formula is C25H35NO2. The molecule has 1 aliphatic heterocycles. The van der Waals surface area contributed by atoms with Crippen LogP contribution in [0.4, 0.5) is 0 Å². The number of benzene rings is 1. The summed E-state index contributed by atoms with van der Waals surface area (Å²) in [7, 11) is 0. The van der Waals surface area contributed by atoms with Gasteiger partial charge in [-0.25, -0.2) is 0 Å². The lowest BCUT2D eigenvalue weighted by Crippen LogP contribution is -2.36. The first-order valence-corrected chi connectivity index (χ1v) is 10.7. The molecule has 1 fully saturated rings. The highest BCUT2D eigenvalue weighted by Gasteiger charge is 2.25. The molecule has 152 valence electrons. The molecule has 0 aromatic heterocycles. The van der Waals surface area contributed by atoms with Crippen LogP contribution in [-0.4, -0.2) is 29.4 Å². The van der Waals surface area contributed by atoms with E-state index in [0.717, 1.165) is 56.6 Å². The van der Waals surface area contributed by atoms with Gasteiger partial charge in [0.1, 0.15) is 5.60 Å². The number of likely N-dealkylation sites (tertiary alicyclic amines) is 1. The van der Waals surface area contributed by atoms with Crippen LogP contribution < -0.4 is 0 Å². The lowest BCUT2D eigenvalue weighted by Gasteiger charge is -2.36. The van der Waals surface area contributed by atoms with Crippen molar-refractivity contribution in [1.29, 1.82) is 0 Å². The zero-order valence-corrected chi connectivity index (χ0v) is 18.0. The molecule has 0 amide bonds. The summed E-state index contributed by atoms with van der Waals surface area (Å²) in [6.45, 7) is 14.4. The van der Waals surface area contributed by atoms with Gasteiger partial charge >= 0.3 is 0 Å². The summed E-state index contributed by atoms with van der Waals surface area (Å²) in [4.78, 5) is 14.7. The molecule has 0 radical (unpaired) electrons. The largest absolute Gasteiger partial charge is 0.474 e. The fraction of sp³-hybridized carbons (Fsp3) is 0.560. The van der Waals surface area contributed by atoms with Crippen molar-refractivity contribution >= 4 is 11.4 Å². The molecule has 28 heavy (non-hydrogen) atoms. The SMILES string of the molecule is C=C(OC(C)(C)C)N1CCC(Cc2ccc3c(c2)C(C(=O)CCC)=CC3)CC1. The second-order valence-corrected chi connectivity index (χ2v) is 9.23. The number of hydrogen-bond acceptors (Lipinski definition) is 3. The average molecular weight is 382 g/mol. The Labute approximate surface area is 170 Å². The number of ketones is 1. The molecule has 1 saturated heterocycles. The summed E-state index contributed by atoms with van der Waals surface area (Å²) in [5, 5.41) is 0. The highest BCUT2D eigenvalue weighted by molar-refractivity contribution is 6.22. The fourth-order valence-electron chi connectivity index (χ4n) is 4.26. The monoisotopic (exact) mass is 381 g/mol. The molecule has 0 bridgehead atoms. The molecule has 0 atom stereocenters. The van der Waals surface area contributed by atoms with Gasteiger partial charge in [0.2, 0.25) is 0 Å². The Morgan fingerprint density at radius 2 is 1.96 bits per heavy atom.